The van der Waals surface area contributed by atoms with E-state index >= 15 is 0 Å². The summed E-state index contributed by atoms with van der Waals surface area (Å²) in [6.45, 7) is 3.32. The molecule has 1 fully saturated rings. The number of aromatic nitrogens is 2. The van der Waals surface area contributed by atoms with Crippen molar-refractivity contribution in [2.75, 3.05) is 32.1 Å². The zero-order chi connectivity index (χ0) is 15.5. The van der Waals surface area contributed by atoms with E-state index in [1.54, 1.807) is 0 Å². The summed E-state index contributed by atoms with van der Waals surface area (Å²) >= 11 is 0. The molecule has 1 saturated heterocycles. The van der Waals surface area contributed by atoms with Crippen molar-refractivity contribution in [3.63, 3.8) is 0 Å². The summed E-state index contributed by atoms with van der Waals surface area (Å²) in [5.74, 6) is 0. The number of hydrogen-bond donors (Lipinski definition) is 0. The van der Waals surface area contributed by atoms with Crippen LogP contribution in [0.15, 0.2) is 30.6 Å². The number of rotatable bonds is 4. The van der Waals surface area contributed by atoms with Crippen molar-refractivity contribution in [1.29, 1.82) is 5.26 Å². The summed E-state index contributed by atoms with van der Waals surface area (Å²) < 4.78 is 1.86. The molecule has 3 rings (SSSR count). The fraction of sp³-hybridized carbons (Fsp3) is 0.412. The molecule has 0 saturated carbocycles. The minimum Gasteiger partial charge on any atom is -0.378 e. The van der Waals surface area contributed by atoms with Gasteiger partial charge < -0.3 is 4.90 Å². The largest absolute Gasteiger partial charge is 0.378 e. The van der Waals surface area contributed by atoms with Crippen LogP contribution in [0.4, 0.5) is 5.69 Å². The molecule has 0 spiro atoms. The van der Waals surface area contributed by atoms with Gasteiger partial charge in [0, 0.05) is 38.1 Å². The number of likely N-dealkylation sites (tertiary alicyclic amines) is 1. The molecule has 0 radical (unpaired) electrons. The Labute approximate surface area is 131 Å². The average Bonchev–Trinajstić information content (AvgIpc) is 3.19. The predicted molar refractivity (Wildman–Crippen MR) is 87.1 cm³/mol. The lowest BCUT2D eigenvalue weighted by Gasteiger charge is -2.14. The molecule has 0 aliphatic carbocycles. The second-order valence-electron chi connectivity index (χ2n) is 6.02. The van der Waals surface area contributed by atoms with Gasteiger partial charge in [0.2, 0.25) is 0 Å². The highest BCUT2D eigenvalue weighted by atomic mass is 15.3. The lowest BCUT2D eigenvalue weighted by atomic mass is 10.2. The average molecular weight is 295 g/mol. The Morgan fingerprint density at radius 1 is 1.23 bits per heavy atom. The molecule has 2 aromatic rings. The van der Waals surface area contributed by atoms with Gasteiger partial charge in [0.25, 0.3) is 0 Å². The summed E-state index contributed by atoms with van der Waals surface area (Å²) in [6, 6.07) is 8.03. The molecule has 1 aliphatic rings. The van der Waals surface area contributed by atoms with Crippen LogP contribution in [-0.4, -0.2) is 41.9 Å². The van der Waals surface area contributed by atoms with Crippen molar-refractivity contribution in [2.24, 2.45) is 0 Å². The molecule has 0 N–H and O–H groups in total. The van der Waals surface area contributed by atoms with Crippen LogP contribution in [0.1, 0.15) is 24.0 Å². The Morgan fingerprint density at radius 2 is 2.00 bits per heavy atom. The van der Waals surface area contributed by atoms with Gasteiger partial charge in [-0.2, -0.15) is 10.4 Å². The highest BCUT2D eigenvalue weighted by Crippen LogP contribution is 2.20. The standard InChI is InChI=1S/C17H21N5/c1-20(2)16-7-14(10-18)8-17(9-16)22-13-15(11-19-22)12-21-5-3-4-6-21/h7-9,11,13H,3-6,12H2,1-2H3. The summed E-state index contributed by atoms with van der Waals surface area (Å²) in [4.78, 5) is 4.46. The van der Waals surface area contributed by atoms with Crippen LogP contribution in [0, 0.1) is 11.3 Å². The third-order valence-corrected chi connectivity index (χ3v) is 4.05. The molecular weight excluding hydrogens is 274 g/mol. The summed E-state index contributed by atoms with van der Waals surface area (Å²) in [5.41, 5.74) is 3.80. The van der Waals surface area contributed by atoms with Crippen molar-refractivity contribution in [3.05, 3.63) is 41.7 Å². The van der Waals surface area contributed by atoms with E-state index in [0.717, 1.165) is 17.9 Å². The van der Waals surface area contributed by atoms with Gasteiger partial charge in [-0.25, -0.2) is 4.68 Å². The molecule has 0 amide bonds. The fourth-order valence-corrected chi connectivity index (χ4v) is 2.83. The van der Waals surface area contributed by atoms with Crippen LogP contribution in [-0.2, 0) is 6.54 Å². The Morgan fingerprint density at radius 3 is 2.68 bits per heavy atom. The number of nitriles is 1. The quantitative estimate of drug-likeness (QED) is 0.869. The number of hydrogen-bond acceptors (Lipinski definition) is 4. The molecule has 1 aromatic heterocycles. The van der Waals surface area contributed by atoms with Crippen molar-refractivity contribution >= 4 is 5.69 Å². The Hall–Kier alpha value is -2.32. The zero-order valence-corrected chi connectivity index (χ0v) is 13.2. The van der Waals surface area contributed by atoms with Gasteiger partial charge in [-0.15, -0.1) is 0 Å². The van der Waals surface area contributed by atoms with E-state index in [2.05, 4.69) is 22.3 Å². The lowest BCUT2D eigenvalue weighted by Crippen LogP contribution is -2.17. The summed E-state index contributed by atoms with van der Waals surface area (Å²) in [5, 5.41) is 13.7. The first-order valence-electron chi connectivity index (χ1n) is 7.64. The number of benzene rings is 1. The third-order valence-electron chi connectivity index (χ3n) is 4.05. The molecular formula is C17H21N5. The molecule has 0 bridgehead atoms. The van der Waals surface area contributed by atoms with Crippen molar-refractivity contribution in [1.82, 2.24) is 14.7 Å². The zero-order valence-electron chi connectivity index (χ0n) is 13.2. The molecule has 5 heteroatoms. The van der Waals surface area contributed by atoms with Gasteiger partial charge in [-0.3, -0.25) is 4.90 Å². The van der Waals surface area contributed by atoms with Crippen LogP contribution in [0.5, 0.6) is 0 Å². The monoisotopic (exact) mass is 295 g/mol. The highest BCUT2D eigenvalue weighted by Gasteiger charge is 2.13. The van der Waals surface area contributed by atoms with E-state index in [1.807, 2.05) is 48.1 Å². The molecule has 0 unspecified atom stereocenters. The first-order valence-corrected chi connectivity index (χ1v) is 7.64. The maximum Gasteiger partial charge on any atom is 0.0993 e. The minimum atomic E-state index is 0.651. The molecule has 1 aromatic carbocycles. The van der Waals surface area contributed by atoms with Crippen LogP contribution >= 0.6 is 0 Å². The Kier molecular flexibility index (Phi) is 4.12. The van der Waals surface area contributed by atoms with Gasteiger partial charge in [-0.05, 0) is 44.1 Å². The minimum absolute atomic E-state index is 0.651. The van der Waals surface area contributed by atoms with Crippen molar-refractivity contribution in [2.45, 2.75) is 19.4 Å². The van der Waals surface area contributed by atoms with E-state index in [1.165, 1.54) is 31.5 Å². The lowest BCUT2D eigenvalue weighted by molar-refractivity contribution is 0.331. The van der Waals surface area contributed by atoms with E-state index in [4.69, 9.17) is 0 Å². The van der Waals surface area contributed by atoms with Gasteiger partial charge >= 0.3 is 0 Å². The van der Waals surface area contributed by atoms with Crippen LogP contribution in [0.3, 0.4) is 0 Å². The second-order valence-corrected chi connectivity index (χ2v) is 6.02. The van der Waals surface area contributed by atoms with E-state index in [0.29, 0.717) is 5.56 Å². The second kappa shape index (κ2) is 6.20. The normalized spacial score (nSPS) is 15.0. The maximum absolute atomic E-state index is 9.21. The van der Waals surface area contributed by atoms with Gasteiger partial charge in [0.15, 0.2) is 0 Å². The van der Waals surface area contributed by atoms with Gasteiger partial charge in [0.1, 0.15) is 0 Å². The first-order chi connectivity index (χ1) is 10.7. The van der Waals surface area contributed by atoms with E-state index < -0.39 is 0 Å². The van der Waals surface area contributed by atoms with E-state index in [9.17, 15) is 5.26 Å². The molecule has 2 heterocycles. The molecule has 0 atom stereocenters. The third kappa shape index (κ3) is 3.12. The summed E-state index contributed by atoms with van der Waals surface area (Å²) in [6.07, 6.45) is 6.58. The SMILES string of the molecule is CN(C)c1cc(C#N)cc(-n2cc(CN3CCCC3)cn2)c1. The Bertz CT molecular complexity index is 689. The number of nitrogens with zero attached hydrogens (tertiary/aromatic N) is 5. The first kappa shape index (κ1) is 14.6. The molecule has 5 nitrogen and oxygen atoms in total. The van der Waals surface area contributed by atoms with Crippen molar-refractivity contribution < 1.29 is 0 Å². The van der Waals surface area contributed by atoms with Crippen LogP contribution < -0.4 is 4.90 Å². The summed E-state index contributed by atoms with van der Waals surface area (Å²) in [7, 11) is 3.95. The number of anilines is 1. The highest BCUT2D eigenvalue weighted by molar-refractivity contribution is 5.57. The Balaban J connectivity index is 1.86. The molecule has 22 heavy (non-hydrogen) atoms. The fourth-order valence-electron chi connectivity index (χ4n) is 2.83. The van der Waals surface area contributed by atoms with Crippen molar-refractivity contribution in [3.8, 4) is 11.8 Å². The smallest absolute Gasteiger partial charge is 0.0993 e. The maximum atomic E-state index is 9.21. The van der Waals surface area contributed by atoms with Crippen LogP contribution in [0.2, 0.25) is 0 Å². The van der Waals surface area contributed by atoms with Gasteiger partial charge in [-0.1, -0.05) is 0 Å². The van der Waals surface area contributed by atoms with E-state index in [-0.39, 0.29) is 0 Å². The van der Waals surface area contributed by atoms with Crippen LogP contribution in [0.25, 0.3) is 5.69 Å². The molecule has 1 aliphatic heterocycles. The molecule has 114 valence electrons. The topological polar surface area (TPSA) is 48.1 Å². The van der Waals surface area contributed by atoms with Gasteiger partial charge in [0.05, 0.1) is 23.5 Å². The predicted octanol–water partition coefficient (Wildman–Crippen LogP) is 2.41.